The van der Waals surface area contributed by atoms with E-state index in [4.69, 9.17) is 0 Å². The van der Waals surface area contributed by atoms with Crippen LogP contribution in [0.15, 0.2) is 10.9 Å². The normalized spacial score (nSPS) is 16.1. The Morgan fingerprint density at radius 1 is 1.63 bits per heavy atom. The summed E-state index contributed by atoms with van der Waals surface area (Å²) in [5.41, 5.74) is 0.640. The first-order valence-corrected chi connectivity index (χ1v) is 6.28. The van der Waals surface area contributed by atoms with Crippen molar-refractivity contribution in [2.24, 2.45) is 5.92 Å². The number of aromatic nitrogens is 2. The maximum Gasteiger partial charge on any atom is 0.328 e. The molecule has 0 saturated heterocycles. The van der Waals surface area contributed by atoms with Gasteiger partial charge in [-0.15, -0.1) is 0 Å². The average molecular weight is 264 g/mol. The second kappa shape index (κ2) is 5.34. The molecule has 1 saturated carbocycles. The van der Waals surface area contributed by atoms with E-state index < -0.39 is 17.6 Å². The van der Waals surface area contributed by atoms with Crippen molar-refractivity contribution >= 4 is 12.3 Å². The van der Waals surface area contributed by atoms with Crippen LogP contribution in [0.3, 0.4) is 0 Å². The van der Waals surface area contributed by atoms with E-state index in [-0.39, 0.29) is 6.42 Å². The lowest BCUT2D eigenvalue weighted by Gasteiger charge is -2.15. The first-order valence-electron chi connectivity index (χ1n) is 6.28. The summed E-state index contributed by atoms with van der Waals surface area (Å²) in [7, 11) is 0. The van der Waals surface area contributed by atoms with Crippen molar-refractivity contribution < 1.29 is 14.7 Å². The quantitative estimate of drug-likeness (QED) is 0.765. The Balaban J connectivity index is 2.39. The van der Waals surface area contributed by atoms with Crippen molar-refractivity contribution in [2.75, 3.05) is 0 Å². The standard InChI is InChI=1S/C13H16N2O4/c1-8-6-12(17)15(14-10(8)4-5-16)11(13(18)19)7-9-2-3-9/h5-6,9,11H,2-4,7H2,1H3,(H,18,19)/t11-/m0/s1. The van der Waals surface area contributed by atoms with Gasteiger partial charge in [-0.1, -0.05) is 12.8 Å². The van der Waals surface area contributed by atoms with Gasteiger partial charge in [0, 0.05) is 12.5 Å². The summed E-state index contributed by atoms with van der Waals surface area (Å²) >= 11 is 0. The fourth-order valence-electron chi connectivity index (χ4n) is 2.07. The van der Waals surface area contributed by atoms with E-state index in [1.165, 1.54) is 6.07 Å². The topological polar surface area (TPSA) is 89.3 Å². The van der Waals surface area contributed by atoms with E-state index in [2.05, 4.69) is 5.10 Å². The van der Waals surface area contributed by atoms with Crippen molar-refractivity contribution in [1.82, 2.24) is 9.78 Å². The fourth-order valence-corrected chi connectivity index (χ4v) is 2.07. The van der Waals surface area contributed by atoms with Crippen molar-refractivity contribution in [3.63, 3.8) is 0 Å². The highest BCUT2D eigenvalue weighted by Crippen LogP contribution is 2.36. The van der Waals surface area contributed by atoms with Gasteiger partial charge in [0.25, 0.3) is 5.56 Å². The lowest BCUT2D eigenvalue weighted by Crippen LogP contribution is -2.33. The van der Waals surface area contributed by atoms with Crippen LogP contribution in [0.5, 0.6) is 0 Å². The van der Waals surface area contributed by atoms with Gasteiger partial charge in [-0.25, -0.2) is 9.48 Å². The van der Waals surface area contributed by atoms with Gasteiger partial charge >= 0.3 is 5.97 Å². The molecule has 0 amide bonds. The summed E-state index contributed by atoms with van der Waals surface area (Å²) in [6, 6.07) is 0.403. The Morgan fingerprint density at radius 2 is 2.32 bits per heavy atom. The van der Waals surface area contributed by atoms with Crippen LogP contribution in [0, 0.1) is 12.8 Å². The number of carbonyl (C=O) groups excluding carboxylic acids is 1. The molecule has 1 fully saturated rings. The van der Waals surface area contributed by atoms with Crippen LogP contribution in [0.4, 0.5) is 0 Å². The molecule has 0 aliphatic heterocycles. The van der Waals surface area contributed by atoms with Crippen molar-refractivity contribution in [2.45, 2.75) is 38.6 Å². The van der Waals surface area contributed by atoms with Gasteiger partial charge in [0.2, 0.25) is 0 Å². The van der Waals surface area contributed by atoms with Gasteiger partial charge < -0.3 is 9.90 Å². The van der Waals surface area contributed by atoms with Gasteiger partial charge in [-0.3, -0.25) is 4.79 Å². The van der Waals surface area contributed by atoms with Gasteiger partial charge in [-0.05, 0) is 24.8 Å². The number of carbonyl (C=O) groups is 2. The number of rotatable bonds is 6. The van der Waals surface area contributed by atoms with E-state index in [9.17, 15) is 19.5 Å². The molecule has 1 heterocycles. The largest absolute Gasteiger partial charge is 0.480 e. The van der Waals surface area contributed by atoms with Crippen LogP contribution in [-0.4, -0.2) is 27.1 Å². The minimum absolute atomic E-state index is 0.0852. The van der Waals surface area contributed by atoms with E-state index in [1.54, 1.807) is 6.92 Å². The van der Waals surface area contributed by atoms with E-state index in [0.717, 1.165) is 17.5 Å². The molecule has 1 aliphatic carbocycles. The first-order chi connectivity index (χ1) is 9.02. The van der Waals surface area contributed by atoms with Crippen LogP contribution in [0.25, 0.3) is 0 Å². The summed E-state index contributed by atoms with van der Waals surface area (Å²) in [6.07, 6.45) is 3.21. The summed E-state index contributed by atoms with van der Waals surface area (Å²) in [4.78, 5) is 33.8. The molecule has 6 nitrogen and oxygen atoms in total. The molecule has 6 heteroatoms. The summed E-state index contributed by atoms with van der Waals surface area (Å²) < 4.78 is 1.01. The summed E-state index contributed by atoms with van der Waals surface area (Å²) in [5, 5.41) is 13.3. The molecule has 1 aromatic rings. The molecule has 2 rings (SSSR count). The maximum atomic E-state index is 11.9. The highest BCUT2D eigenvalue weighted by atomic mass is 16.4. The Hall–Kier alpha value is -1.98. The van der Waals surface area contributed by atoms with Gasteiger partial charge in [0.05, 0.1) is 5.69 Å². The second-order valence-electron chi connectivity index (χ2n) is 4.96. The predicted octanol–water partition coefficient (Wildman–Crippen LogP) is 0.719. The summed E-state index contributed by atoms with van der Waals surface area (Å²) in [6.45, 7) is 1.69. The maximum absolute atomic E-state index is 11.9. The smallest absolute Gasteiger partial charge is 0.328 e. The molecule has 0 aromatic carbocycles. The number of carboxylic acid groups (broad SMARTS) is 1. The lowest BCUT2D eigenvalue weighted by molar-refractivity contribution is -0.141. The minimum atomic E-state index is -1.05. The number of hydrogen-bond donors (Lipinski definition) is 1. The third-order valence-corrected chi connectivity index (χ3v) is 3.36. The van der Waals surface area contributed by atoms with Crippen LogP contribution >= 0.6 is 0 Å². The van der Waals surface area contributed by atoms with Crippen molar-refractivity contribution in [3.05, 3.63) is 27.7 Å². The number of nitrogens with zero attached hydrogens (tertiary/aromatic N) is 2. The van der Waals surface area contributed by atoms with Gasteiger partial charge in [0.15, 0.2) is 6.04 Å². The zero-order chi connectivity index (χ0) is 14.0. The number of carboxylic acids is 1. The third kappa shape index (κ3) is 3.07. The summed E-state index contributed by atoms with van der Waals surface area (Å²) in [5.74, 6) is -0.687. The zero-order valence-corrected chi connectivity index (χ0v) is 10.7. The molecule has 0 spiro atoms. The molecule has 19 heavy (non-hydrogen) atoms. The Labute approximate surface area is 110 Å². The number of aldehydes is 1. The zero-order valence-electron chi connectivity index (χ0n) is 10.7. The predicted molar refractivity (Wildman–Crippen MR) is 67.0 cm³/mol. The second-order valence-corrected chi connectivity index (χ2v) is 4.96. The van der Waals surface area contributed by atoms with Crippen LogP contribution in [0.1, 0.15) is 36.6 Å². The van der Waals surface area contributed by atoms with Crippen molar-refractivity contribution in [3.8, 4) is 0 Å². The molecule has 0 bridgehead atoms. The monoisotopic (exact) mass is 264 g/mol. The van der Waals surface area contributed by atoms with Crippen LogP contribution in [0.2, 0.25) is 0 Å². The fraction of sp³-hybridized carbons (Fsp3) is 0.538. The molecule has 1 atom stereocenters. The Morgan fingerprint density at radius 3 is 2.84 bits per heavy atom. The van der Waals surface area contributed by atoms with E-state index >= 15 is 0 Å². The minimum Gasteiger partial charge on any atom is -0.480 e. The molecule has 102 valence electrons. The Bertz CT molecular complexity index is 560. The SMILES string of the molecule is Cc1cc(=O)n([C@@H](CC2CC2)C(=O)O)nc1CC=O. The van der Waals surface area contributed by atoms with E-state index in [0.29, 0.717) is 29.9 Å². The highest BCUT2D eigenvalue weighted by Gasteiger charge is 2.31. The number of hydrogen-bond acceptors (Lipinski definition) is 4. The lowest BCUT2D eigenvalue weighted by atomic mass is 10.1. The molecular formula is C13H16N2O4. The molecule has 1 N–H and O–H groups in total. The molecule has 0 radical (unpaired) electrons. The molecule has 1 aromatic heterocycles. The highest BCUT2D eigenvalue weighted by molar-refractivity contribution is 5.71. The third-order valence-electron chi connectivity index (χ3n) is 3.36. The molecule has 1 aliphatic rings. The molecular weight excluding hydrogens is 248 g/mol. The number of aliphatic carboxylic acids is 1. The number of aryl methyl sites for hydroxylation is 1. The molecule has 0 unspecified atom stereocenters. The first kappa shape index (κ1) is 13.5. The van der Waals surface area contributed by atoms with Gasteiger partial charge in [0.1, 0.15) is 6.29 Å². The van der Waals surface area contributed by atoms with E-state index in [1.807, 2.05) is 0 Å². The van der Waals surface area contributed by atoms with Crippen molar-refractivity contribution in [1.29, 1.82) is 0 Å². The van der Waals surface area contributed by atoms with Crippen LogP contribution in [-0.2, 0) is 16.0 Å². The Kier molecular flexibility index (Phi) is 3.78. The van der Waals surface area contributed by atoms with Gasteiger partial charge in [-0.2, -0.15) is 5.10 Å². The van der Waals surface area contributed by atoms with Crippen LogP contribution < -0.4 is 5.56 Å². The average Bonchev–Trinajstić information content (AvgIpc) is 3.14.